The van der Waals surface area contributed by atoms with Crippen LogP contribution in [-0.4, -0.2) is 38.1 Å². The van der Waals surface area contributed by atoms with E-state index >= 15 is 0 Å². The summed E-state index contributed by atoms with van der Waals surface area (Å²) >= 11 is 0. The van der Waals surface area contributed by atoms with Crippen LogP contribution in [0.15, 0.2) is 15.4 Å². The fraction of sp³-hybridized carbons (Fsp3) is 0.600. The van der Waals surface area contributed by atoms with Crippen molar-refractivity contribution < 1.29 is 30.8 Å². The van der Waals surface area contributed by atoms with Gasteiger partial charge in [-0.15, -0.1) is 0 Å². The molecule has 1 heterocycles. The maximum atomic E-state index is 13.2. The van der Waals surface area contributed by atoms with Crippen molar-refractivity contribution in [2.75, 3.05) is 6.54 Å². The van der Waals surface area contributed by atoms with Gasteiger partial charge in [0, 0.05) is 18.5 Å². The van der Waals surface area contributed by atoms with Crippen molar-refractivity contribution in [2.24, 2.45) is 5.92 Å². The average molecular weight is 459 g/mol. The molecule has 4 rings (SSSR count). The van der Waals surface area contributed by atoms with Gasteiger partial charge >= 0.3 is 12.1 Å². The molecule has 1 fully saturated rings. The molecule has 1 aromatic carbocycles. The summed E-state index contributed by atoms with van der Waals surface area (Å²) in [5.41, 5.74) is 1.63. The molecule has 1 unspecified atom stereocenters. The standard InChI is InChI=1S/C20H24F3N3O4S/c1-10(2)9-24-31(28,29)17-14-8-13(25-19(27)20(21,22)23)6-5-12(14)7-15-16(17)26-18(30-15)11-3-4-11/h7,10-11,13,24H,3-6,8-9H2,1-2H3,(H,25,27). The largest absolute Gasteiger partial charge is 0.471 e. The van der Waals surface area contributed by atoms with Crippen molar-refractivity contribution in [2.45, 2.75) is 69.0 Å². The van der Waals surface area contributed by atoms with Crippen molar-refractivity contribution >= 4 is 27.0 Å². The number of halogens is 3. The number of hydrogen-bond acceptors (Lipinski definition) is 5. The van der Waals surface area contributed by atoms with Crippen molar-refractivity contribution in [1.82, 2.24) is 15.0 Å². The molecule has 1 amide bonds. The highest BCUT2D eigenvalue weighted by Crippen LogP contribution is 2.42. The van der Waals surface area contributed by atoms with E-state index in [4.69, 9.17) is 4.42 Å². The monoisotopic (exact) mass is 459 g/mol. The Morgan fingerprint density at radius 2 is 2.00 bits per heavy atom. The molecule has 31 heavy (non-hydrogen) atoms. The lowest BCUT2D eigenvalue weighted by molar-refractivity contribution is -0.174. The van der Waals surface area contributed by atoms with E-state index in [1.165, 1.54) is 0 Å². The lowest BCUT2D eigenvalue weighted by atomic mass is 9.87. The fourth-order valence-corrected chi connectivity index (χ4v) is 5.44. The zero-order valence-electron chi connectivity index (χ0n) is 17.2. The Morgan fingerprint density at radius 3 is 2.61 bits per heavy atom. The summed E-state index contributed by atoms with van der Waals surface area (Å²) in [6.07, 6.45) is -2.60. The zero-order valence-corrected chi connectivity index (χ0v) is 18.0. The molecule has 7 nitrogen and oxygen atoms in total. The smallest absolute Gasteiger partial charge is 0.440 e. The molecule has 2 aromatic rings. The molecule has 0 radical (unpaired) electrons. The molecule has 2 N–H and O–H groups in total. The molecule has 1 saturated carbocycles. The van der Waals surface area contributed by atoms with E-state index in [0.717, 1.165) is 12.8 Å². The van der Waals surface area contributed by atoms with E-state index in [-0.39, 0.29) is 41.6 Å². The number of amides is 1. The average Bonchev–Trinajstić information content (AvgIpc) is 3.43. The first-order valence-electron chi connectivity index (χ1n) is 10.3. The van der Waals surface area contributed by atoms with Gasteiger partial charge in [0.2, 0.25) is 10.0 Å². The fourth-order valence-electron chi connectivity index (χ4n) is 3.80. The minimum absolute atomic E-state index is 0.0311. The number of oxazole rings is 1. The van der Waals surface area contributed by atoms with Crippen LogP contribution in [0.4, 0.5) is 13.2 Å². The predicted octanol–water partition coefficient (Wildman–Crippen LogP) is 3.18. The SMILES string of the molecule is CC(C)CNS(=O)(=O)c1c2c(cc3oc(C4CC4)nc13)CCC(NC(=O)C(F)(F)F)C2. The van der Waals surface area contributed by atoms with E-state index in [1.54, 1.807) is 6.07 Å². The van der Waals surface area contributed by atoms with Gasteiger partial charge in [-0.25, -0.2) is 18.1 Å². The molecule has 0 bridgehead atoms. The highest BCUT2D eigenvalue weighted by Gasteiger charge is 2.41. The quantitative estimate of drug-likeness (QED) is 0.691. The minimum atomic E-state index is -5.00. The molecule has 0 saturated heterocycles. The van der Waals surface area contributed by atoms with E-state index < -0.39 is 28.1 Å². The van der Waals surface area contributed by atoms with Crippen molar-refractivity contribution in [3.63, 3.8) is 0 Å². The van der Waals surface area contributed by atoms with E-state index in [0.29, 0.717) is 29.0 Å². The van der Waals surface area contributed by atoms with E-state index in [1.807, 2.05) is 19.2 Å². The number of aromatic nitrogens is 1. The molecule has 1 atom stereocenters. The Hall–Kier alpha value is -2.14. The summed E-state index contributed by atoms with van der Waals surface area (Å²) < 4.78 is 73.0. The van der Waals surface area contributed by atoms with Gasteiger partial charge in [-0.3, -0.25) is 4.79 Å². The lowest BCUT2D eigenvalue weighted by Crippen LogP contribution is -2.45. The number of fused-ring (bicyclic) bond motifs is 2. The van der Waals surface area contributed by atoms with Gasteiger partial charge in [0.05, 0.1) is 0 Å². The Balaban J connectivity index is 1.77. The van der Waals surface area contributed by atoms with Crippen LogP contribution in [0.5, 0.6) is 0 Å². The number of sulfonamides is 1. The van der Waals surface area contributed by atoms with Crippen LogP contribution in [0, 0.1) is 5.92 Å². The van der Waals surface area contributed by atoms with Crippen LogP contribution >= 0.6 is 0 Å². The van der Waals surface area contributed by atoms with Gasteiger partial charge in [0.15, 0.2) is 11.5 Å². The summed E-state index contributed by atoms with van der Waals surface area (Å²) in [5, 5.41) is 1.99. The Kier molecular flexibility index (Phi) is 5.53. The third-order valence-corrected chi connectivity index (χ3v) is 7.06. The molecule has 11 heteroatoms. The maximum Gasteiger partial charge on any atom is 0.471 e. The maximum absolute atomic E-state index is 13.2. The Morgan fingerprint density at radius 1 is 1.29 bits per heavy atom. The van der Waals surface area contributed by atoms with Gasteiger partial charge in [-0.05, 0) is 55.2 Å². The van der Waals surface area contributed by atoms with Crippen LogP contribution in [0.1, 0.15) is 56.0 Å². The number of carbonyl (C=O) groups excluding carboxylic acids is 1. The van der Waals surface area contributed by atoms with Gasteiger partial charge in [0.1, 0.15) is 10.4 Å². The summed E-state index contributed by atoms with van der Waals surface area (Å²) in [6, 6.07) is 0.903. The second kappa shape index (κ2) is 7.77. The molecule has 2 aliphatic rings. The Labute approximate surface area is 177 Å². The van der Waals surface area contributed by atoms with Crippen LogP contribution in [0.3, 0.4) is 0 Å². The molecular weight excluding hydrogens is 435 g/mol. The second-order valence-corrected chi connectivity index (χ2v) is 10.4. The molecule has 170 valence electrons. The molecule has 1 aromatic heterocycles. The molecule has 0 spiro atoms. The highest BCUT2D eigenvalue weighted by atomic mass is 32.2. The number of rotatable bonds is 6. The third kappa shape index (κ3) is 4.57. The predicted molar refractivity (Wildman–Crippen MR) is 106 cm³/mol. The summed E-state index contributed by atoms with van der Waals surface area (Å²) in [6.45, 7) is 3.93. The number of nitrogens with one attached hydrogen (secondary N) is 2. The van der Waals surface area contributed by atoms with Crippen LogP contribution in [0.2, 0.25) is 0 Å². The van der Waals surface area contributed by atoms with Gasteiger partial charge in [-0.1, -0.05) is 13.8 Å². The van der Waals surface area contributed by atoms with Gasteiger partial charge in [-0.2, -0.15) is 13.2 Å². The number of benzene rings is 1. The molecular formula is C20H24F3N3O4S. The zero-order chi connectivity index (χ0) is 22.6. The highest BCUT2D eigenvalue weighted by molar-refractivity contribution is 7.89. The molecule has 0 aliphatic heterocycles. The minimum Gasteiger partial charge on any atom is -0.440 e. The van der Waals surface area contributed by atoms with Crippen molar-refractivity contribution in [1.29, 1.82) is 0 Å². The van der Waals surface area contributed by atoms with Gasteiger partial charge < -0.3 is 9.73 Å². The lowest BCUT2D eigenvalue weighted by Gasteiger charge is -2.27. The van der Waals surface area contributed by atoms with Crippen molar-refractivity contribution in [3.8, 4) is 0 Å². The van der Waals surface area contributed by atoms with E-state index in [9.17, 15) is 26.4 Å². The first-order chi connectivity index (χ1) is 14.5. The first kappa shape index (κ1) is 22.1. The summed E-state index contributed by atoms with van der Waals surface area (Å²) in [5.74, 6) is -1.31. The number of nitrogens with zero attached hydrogens (tertiary/aromatic N) is 1. The topological polar surface area (TPSA) is 101 Å². The Bertz CT molecular complexity index is 1120. The summed E-state index contributed by atoms with van der Waals surface area (Å²) in [4.78, 5) is 15.8. The second-order valence-electron chi connectivity index (χ2n) is 8.67. The number of aryl methyl sites for hydroxylation is 1. The molecule has 2 aliphatic carbocycles. The van der Waals surface area contributed by atoms with Crippen LogP contribution in [0.25, 0.3) is 11.1 Å². The van der Waals surface area contributed by atoms with Crippen LogP contribution < -0.4 is 10.0 Å². The van der Waals surface area contributed by atoms with Crippen LogP contribution in [-0.2, 0) is 27.7 Å². The number of carbonyl (C=O) groups is 1. The summed E-state index contributed by atoms with van der Waals surface area (Å²) in [7, 11) is -4.00. The number of alkyl halides is 3. The van der Waals surface area contributed by atoms with E-state index in [2.05, 4.69) is 9.71 Å². The normalized spacial score (nSPS) is 19.6. The van der Waals surface area contributed by atoms with Crippen molar-refractivity contribution in [3.05, 3.63) is 23.1 Å². The van der Waals surface area contributed by atoms with Gasteiger partial charge in [0.25, 0.3) is 0 Å². The first-order valence-corrected chi connectivity index (χ1v) is 11.8. The number of hydrogen-bond donors (Lipinski definition) is 2. The third-order valence-electron chi connectivity index (χ3n) is 5.53.